The molecule has 160 valence electrons. The second kappa shape index (κ2) is 8.30. The molecule has 2 aromatic rings. The number of rotatable bonds is 4. The Morgan fingerprint density at radius 3 is 2.68 bits per heavy atom. The maximum absolute atomic E-state index is 12.7. The molecular weight excluding hydrogens is 453 g/mol. The van der Waals surface area contributed by atoms with Crippen molar-refractivity contribution in [2.45, 2.75) is 34.1 Å². The molecule has 0 saturated carbocycles. The standard InChI is InChI=1S/C22H21Cl2N5OS/c1-11(2)7-19-27-29-20(25)16(21(30)26-22(29)31-19)9-14-8-12(3)28(13(14)4)18-10-15(23)5-6-17(18)24/h5-6,8-11,25H,7H2,1-4H3/b16-9-,25-20?. The molecule has 4 rings (SSSR count). The maximum atomic E-state index is 12.7. The topological polar surface area (TPSA) is 73.8 Å². The van der Waals surface area contributed by atoms with Gasteiger partial charge < -0.3 is 4.57 Å². The van der Waals surface area contributed by atoms with E-state index in [9.17, 15) is 4.79 Å². The second-order valence-electron chi connectivity index (χ2n) is 7.87. The number of amides is 1. The van der Waals surface area contributed by atoms with Crippen molar-refractivity contribution < 1.29 is 4.79 Å². The third-order valence-electron chi connectivity index (χ3n) is 5.00. The Bertz CT molecular complexity index is 1210. The quantitative estimate of drug-likeness (QED) is 0.547. The molecule has 31 heavy (non-hydrogen) atoms. The summed E-state index contributed by atoms with van der Waals surface area (Å²) < 4.78 is 1.98. The molecule has 0 atom stereocenters. The first-order chi connectivity index (χ1) is 14.7. The van der Waals surface area contributed by atoms with Crippen molar-refractivity contribution in [3.05, 3.63) is 56.8 Å². The van der Waals surface area contributed by atoms with Crippen molar-refractivity contribution in [2.24, 2.45) is 16.0 Å². The summed E-state index contributed by atoms with van der Waals surface area (Å²) in [7, 11) is 0. The number of thioether (sulfide) groups is 1. The van der Waals surface area contributed by atoms with Crippen LogP contribution in [0.3, 0.4) is 0 Å². The fraction of sp³-hybridized carbons (Fsp3) is 0.273. The van der Waals surface area contributed by atoms with E-state index in [2.05, 4.69) is 23.9 Å². The van der Waals surface area contributed by atoms with Crippen molar-refractivity contribution >= 4 is 63.0 Å². The van der Waals surface area contributed by atoms with Gasteiger partial charge in [-0.2, -0.15) is 15.1 Å². The van der Waals surface area contributed by atoms with Gasteiger partial charge in [0, 0.05) is 22.8 Å². The van der Waals surface area contributed by atoms with Crippen LogP contribution in [-0.4, -0.2) is 31.5 Å². The summed E-state index contributed by atoms with van der Waals surface area (Å²) in [6.07, 6.45) is 2.48. The molecule has 1 aromatic carbocycles. The number of aryl methyl sites for hydroxylation is 1. The Morgan fingerprint density at radius 1 is 1.23 bits per heavy atom. The van der Waals surface area contributed by atoms with Gasteiger partial charge in [0.2, 0.25) is 5.17 Å². The zero-order valence-corrected chi connectivity index (χ0v) is 19.9. The van der Waals surface area contributed by atoms with Crippen LogP contribution in [-0.2, 0) is 4.79 Å². The zero-order valence-electron chi connectivity index (χ0n) is 17.5. The van der Waals surface area contributed by atoms with Crippen LogP contribution in [0.4, 0.5) is 0 Å². The molecule has 1 N–H and O–H groups in total. The highest BCUT2D eigenvalue weighted by Gasteiger charge is 2.35. The third-order valence-corrected chi connectivity index (χ3v) is 6.48. The van der Waals surface area contributed by atoms with Gasteiger partial charge in [0.25, 0.3) is 5.91 Å². The molecule has 0 fully saturated rings. The molecule has 0 bridgehead atoms. The summed E-state index contributed by atoms with van der Waals surface area (Å²) in [4.78, 5) is 16.9. The van der Waals surface area contributed by atoms with Crippen LogP contribution >= 0.6 is 35.0 Å². The lowest BCUT2D eigenvalue weighted by Crippen LogP contribution is -2.35. The molecular formula is C22H21Cl2N5OS. The maximum Gasteiger partial charge on any atom is 0.283 e. The van der Waals surface area contributed by atoms with Gasteiger partial charge in [-0.1, -0.05) is 37.0 Å². The molecule has 0 saturated heterocycles. The van der Waals surface area contributed by atoms with Gasteiger partial charge in [-0.3, -0.25) is 10.2 Å². The molecule has 3 heterocycles. The fourth-order valence-electron chi connectivity index (χ4n) is 3.58. The number of aromatic nitrogens is 1. The van der Waals surface area contributed by atoms with Crippen LogP contribution in [0.25, 0.3) is 11.8 Å². The highest BCUT2D eigenvalue weighted by Crippen LogP contribution is 2.33. The van der Waals surface area contributed by atoms with Crippen LogP contribution in [0.2, 0.25) is 10.0 Å². The number of benzene rings is 1. The van der Waals surface area contributed by atoms with Crippen molar-refractivity contribution in [1.29, 1.82) is 5.41 Å². The van der Waals surface area contributed by atoms with Crippen molar-refractivity contribution in [3.63, 3.8) is 0 Å². The number of carbonyl (C=O) groups is 1. The lowest BCUT2D eigenvalue weighted by molar-refractivity contribution is -0.114. The van der Waals surface area contributed by atoms with E-state index in [1.807, 2.05) is 24.5 Å². The predicted octanol–water partition coefficient (Wildman–Crippen LogP) is 6.07. The first-order valence-electron chi connectivity index (χ1n) is 9.79. The number of hydrogen-bond acceptors (Lipinski definition) is 4. The summed E-state index contributed by atoms with van der Waals surface area (Å²) in [5, 5.41) is 17.0. The Balaban J connectivity index is 1.73. The van der Waals surface area contributed by atoms with Crippen molar-refractivity contribution in [2.75, 3.05) is 0 Å². The van der Waals surface area contributed by atoms with E-state index in [4.69, 9.17) is 28.6 Å². The number of amidine groups is 2. The van der Waals surface area contributed by atoms with Gasteiger partial charge >= 0.3 is 0 Å². The summed E-state index contributed by atoms with van der Waals surface area (Å²) in [6.45, 7) is 8.10. The molecule has 0 spiro atoms. The number of hydrazone groups is 1. The molecule has 2 aliphatic rings. The van der Waals surface area contributed by atoms with E-state index < -0.39 is 5.91 Å². The van der Waals surface area contributed by atoms with Crippen molar-refractivity contribution in [3.8, 4) is 5.69 Å². The highest BCUT2D eigenvalue weighted by molar-refractivity contribution is 8.26. The van der Waals surface area contributed by atoms with E-state index in [1.165, 1.54) is 16.8 Å². The average molecular weight is 474 g/mol. The molecule has 0 aliphatic carbocycles. The van der Waals surface area contributed by atoms with Crippen LogP contribution in [0.1, 0.15) is 37.2 Å². The Kier molecular flexibility index (Phi) is 5.85. The van der Waals surface area contributed by atoms with Crippen LogP contribution in [0.5, 0.6) is 0 Å². The van der Waals surface area contributed by atoms with Gasteiger partial charge in [0.05, 0.1) is 16.3 Å². The van der Waals surface area contributed by atoms with Crippen LogP contribution in [0, 0.1) is 25.2 Å². The molecule has 0 radical (unpaired) electrons. The minimum atomic E-state index is -0.435. The number of nitrogens with one attached hydrogen (secondary N) is 1. The summed E-state index contributed by atoms with van der Waals surface area (Å²) >= 11 is 13.9. The Morgan fingerprint density at radius 2 is 1.97 bits per heavy atom. The minimum Gasteiger partial charge on any atom is -0.316 e. The molecule has 9 heteroatoms. The van der Waals surface area contributed by atoms with E-state index in [1.54, 1.807) is 24.3 Å². The average Bonchev–Trinajstić information content (AvgIpc) is 3.20. The minimum absolute atomic E-state index is 0.0341. The molecule has 1 amide bonds. The predicted molar refractivity (Wildman–Crippen MR) is 130 cm³/mol. The molecule has 2 aliphatic heterocycles. The first kappa shape index (κ1) is 21.9. The summed E-state index contributed by atoms with van der Waals surface area (Å²) in [5.74, 6) is 0.0268. The summed E-state index contributed by atoms with van der Waals surface area (Å²) in [6, 6.07) is 7.25. The van der Waals surface area contributed by atoms with E-state index in [-0.39, 0.29) is 11.4 Å². The summed E-state index contributed by atoms with van der Waals surface area (Å²) in [5.41, 5.74) is 3.58. The molecule has 1 aromatic heterocycles. The van der Waals surface area contributed by atoms with Crippen LogP contribution in [0.15, 0.2) is 39.9 Å². The Hall–Kier alpha value is -2.35. The number of hydrogen-bond donors (Lipinski definition) is 1. The number of aliphatic imine (C=N–C) groups is 1. The monoisotopic (exact) mass is 473 g/mol. The fourth-order valence-corrected chi connectivity index (χ4v) is 5.05. The third kappa shape index (κ3) is 4.10. The van der Waals surface area contributed by atoms with Gasteiger partial charge in [-0.25, -0.2) is 0 Å². The number of carbonyl (C=O) groups excluding carboxylic acids is 1. The zero-order chi connectivity index (χ0) is 22.4. The van der Waals surface area contributed by atoms with Crippen LogP contribution < -0.4 is 0 Å². The van der Waals surface area contributed by atoms with Gasteiger partial charge in [-0.15, -0.1) is 0 Å². The second-order valence-corrected chi connectivity index (χ2v) is 9.75. The highest BCUT2D eigenvalue weighted by atomic mass is 35.5. The number of nitrogens with zero attached hydrogens (tertiary/aromatic N) is 4. The number of fused-ring (bicyclic) bond motifs is 1. The SMILES string of the molecule is Cc1cc(/C=C2/C(=N)N3N=C(CC(C)C)SC3=NC2=O)c(C)n1-c1cc(Cl)ccc1Cl. The first-order valence-corrected chi connectivity index (χ1v) is 11.4. The van der Waals surface area contributed by atoms with E-state index in [0.29, 0.717) is 21.1 Å². The molecule has 6 nitrogen and oxygen atoms in total. The largest absolute Gasteiger partial charge is 0.316 e. The Labute approximate surface area is 195 Å². The van der Waals surface area contributed by atoms with Gasteiger partial charge in [0.15, 0.2) is 5.84 Å². The lowest BCUT2D eigenvalue weighted by atomic mass is 10.1. The van der Waals surface area contributed by atoms with Gasteiger partial charge in [0.1, 0.15) is 5.04 Å². The molecule has 0 unspecified atom stereocenters. The lowest BCUT2D eigenvalue weighted by Gasteiger charge is -2.20. The number of halogens is 2. The van der Waals surface area contributed by atoms with E-state index >= 15 is 0 Å². The van der Waals surface area contributed by atoms with Gasteiger partial charge in [-0.05, 0) is 67.4 Å². The van der Waals surface area contributed by atoms with Crippen molar-refractivity contribution in [1.82, 2.24) is 9.58 Å². The van der Waals surface area contributed by atoms with E-state index in [0.717, 1.165) is 34.1 Å². The normalized spacial score (nSPS) is 17.5. The smallest absolute Gasteiger partial charge is 0.283 e.